The molecule has 0 spiro atoms. The first-order chi connectivity index (χ1) is 13.2. The molecule has 0 N–H and O–H groups in total. The van der Waals surface area contributed by atoms with Crippen LogP contribution in [0.2, 0.25) is 0 Å². The van der Waals surface area contributed by atoms with Crippen molar-refractivity contribution in [2.24, 2.45) is 0 Å². The smallest absolute Gasteiger partial charge is 0.337 e. The molecule has 27 heavy (non-hydrogen) atoms. The standard InChI is InChI=1S/C20H19N3O3S/c1-26-19(25)15-7-8-16-17(11-15)21-20(22-9-10-27-13-22)23(18(16)24)12-14-5-3-2-4-6-14/h2-8,11H,9-10,12-13H2,1H3. The number of aromatic nitrogens is 2. The van der Waals surface area contributed by atoms with Crippen LogP contribution in [0.15, 0.2) is 53.3 Å². The molecule has 2 aromatic carbocycles. The van der Waals surface area contributed by atoms with Gasteiger partial charge in [0.2, 0.25) is 5.95 Å². The van der Waals surface area contributed by atoms with Gasteiger partial charge in [0.25, 0.3) is 5.56 Å². The summed E-state index contributed by atoms with van der Waals surface area (Å²) >= 11 is 1.81. The highest BCUT2D eigenvalue weighted by molar-refractivity contribution is 7.99. The van der Waals surface area contributed by atoms with Gasteiger partial charge in [-0.3, -0.25) is 9.36 Å². The first-order valence-corrected chi connectivity index (χ1v) is 9.82. The number of carbonyl (C=O) groups is 1. The highest BCUT2D eigenvalue weighted by Crippen LogP contribution is 2.23. The van der Waals surface area contributed by atoms with E-state index in [-0.39, 0.29) is 5.56 Å². The monoisotopic (exact) mass is 381 g/mol. The zero-order valence-corrected chi connectivity index (χ0v) is 15.7. The van der Waals surface area contributed by atoms with Gasteiger partial charge < -0.3 is 9.64 Å². The Morgan fingerprint density at radius 3 is 2.74 bits per heavy atom. The summed E-state index contributed by atoms with van der Waals surface area (Å²) in [4.78, 5) is 31.9. The Labute approximate surface area is 160 Å². The molecule has 0 saturated carbocycles. The quantitative estimate of drug-likeness (QED) is 0.648. The summed E-state index contributed by atoms with van der Waals surface area (Å²) in [6, 6.07) is 14.8. The molecule has 1 fully saturated rings. The number of esters is 1. The molecule has 0 radical (unpaired) electrons. The molecule has 3 aromatic rings. The Morgan fingerprint density at radius 2 is 2.04 bits per heavy atom. The fourth-order valence-corrected chi connectivity index (χ4v) is 4.12. The van der Waals surface area contributed by atoms with Crippen LogP contribution in [0.1, 0.15) is 15.9 Å². The van der Waals surface area contributed by atoms with Crippen LogP contribution in [0.4, 0.5) is 5.95 Å². The second-order valence-corrected chi connectivity index (χ2v) is 7.39. The van der Waals surface area contributed by atoms with Crippen molar-refractivity contribution in [1.29, 1.82) is 0 Å². The van der Waals surface area contributed by atoms with Gasteiger partial charge in [0.15, 0.2) is 0 Å². The lowest BCUT2D eigenvalue weighted by atomic mass is 10.1. The third-order valence-electron chi connectivity index (χ3n) is 4.58. The maximum Gasteiger partial charge on any atom is 0.337 e. The number of hydrogen-bond donors (Lipinski definition) is 0. The predicted octanol–water partition coefficient (Wildman–Crippen LogP) is 2.74. The van der Waals surface area contributed by atoms with E-state index in [1.54, 1.807) is 22.8 Å². The molecule has 0 bridgehead atoms. The molecule has 7 heteroatoms. The van der Waals surface area contributed by atoms with Crippen molar-refractivity contribution >= 4 is 34.6 Å². The Kier molecular flexibility index (Phi) is 4.85. The van der Waals surface area contributed by atoms with E-state index in [4.69, 9.17) is 9.72 Å². The van der Waals surface area contributed by atoms with E-state index < -0.39 is 5.97 Å². The van der Waals surface area contributed by atoms with Crippen LogP contribution in [0.25, 0.3) is 10.9 Å². The highest BCUT2D eigenvalue weighted by Gasteiger charge is 2.21. The summed E-state index contributed by atoms with van der Waals surface area (Å²) < 4.78 is 6.51. The SMILES string of the molecule is COC(=O)c1ccc2c(=O)n(Cc3ccccc3)c(N3CCSC3)nc2c1. The molecule has 2 heterocycles. The number of carbonyl (C=O) groups excluding carboxylic acids is 1. The van der Waals surface area contributed by atoms with Gasteiger partial charge in [0.05, 0.1) is 36.0 Å². The first kappa shape index (κ1) is 17.6. The van der Waals surface area contributed by atoms with E-state index in [1.807, 2.05) is 42.1 Å². The molecule has 4 rings (SSSR count). The van der Waals surface area contributed by atoms with Crippen molar-refractivity contribution in [1.82, 2.24) is 9.55 Å². The lowest BCUT2D eigenvalue weighted by molar-refractivity contribution is 0.0601. The summed E-state index contributed by atoms with van der Waals surface area (Å²) in [6.45, 7) is 1.30. The minimum Gasteiger partial charge on any atom is -0.465 e. The van der Waals surface area contributed by atoms with Crippen LogP contribution in [-0.4, -0.2) is 40.8 Å². The topological polar surface area (TPSA) is 64.4 Å². The Bertz CT molecular complexity index is 1040. The van der Waals surface area contributed by atoms with E-state index in [2.05, 4.69) is 4.90 Å². The van der Waals surface area contributed by atoms with Gasteiger partial charge in [-0.15, -0.1) is 11.8 Å². The largest absolute Gasteiger partial charge is 0.465 e. The van der Waals surface area contributed by atoms with Crippen molar-refractivity contribution in [2.75, 3.05) is 30.2 Å². The van der Waals surface area contributed by atoms with Gasteiger partial charge in [-0.05, 0) is 23.8 Å². The van der Waals surface area contributed by atoms with Gasteiger partial charge in [0.1, 0.15) is 0 Å². The van der Waals surface area contributed by atoms with E-state index in [0.717, 1.165) is 23.7 Å². The fraction of sp³-hybridized carbons (Fsp3) is 0.250. The molecule has 0 unspecified atom stereocenters. The van der Waals surface area contributed by atoms with Gasteiger partial charge in [-0.2, -0.15) is 0 Å². The summed E-state index contributed by atoms with van der Waals surface area (Å²) in [5.74, 6) is 2.00. The van der Waals surface area contributed by atoms with Gasteiger partial charge in [-0.25, -0.2) is 9.78 Å². The second kappa shape index (κ2) is 7.44. The molecule has 0 aliphatic carbocycles. The zero-order valence-electron chi connectivity index (χ0n) is 14.9. The fourth-order valence-electron chi connectivity index (χ4n) is 3.18. The van der Waals surface area contributed by atoms with Crippen molar-refractivity contribution in [3.63, 3.8) is 0 Å². The summed E-state index contributed by atoms with van der Waals surface area (Å²) in [6.07, 6.45) is 0. The summed E-state index contributed by atoms with van der Waals surface area (Å²) in [5, 5.41) is 0.495. The molecular weight excluding hydrogens is 362 g/mol. The summed E-state index contributed by atoms with van der Waals surface area (Å²) in [5.41, 5.74) is 1.84. The number of nitrogens with zero attached hydrogens (tertiary/aromatic N) is 3. The second-order valence-electron chi connectivity index (χ2n) is 6.31. The number of thioether (sulfide) groups is 1. The molecule has 1 aliphatic rings. The molecule has 0 atom stereocenters. The van der Waals surface area contributed by atoms with Gasteiger partial charge in [0, 0.05) is 12.3 Å². The van der Waals surface area contributed by atoms with Crippen LogP contribution in [-0.2, 0) is 11.3 Å². The number of hydrogen-bond acceptors (Lipinski definition) is 6. The third kappa shape index (κ3) is 3.42. The zero-order chi connectivity index (χ0) is 18.8. The van der Waals surface area contributed by atoms with Crippen molar-refractivity contribution in [2.45, 2.75) is 6.54 Å². The van der Waals surface area contributed by atoms with Crippen LogP contribution in [0.3, 0.4) is 0 Å². The molecule has 138 valence electrons. The lowest BCUT2D eigenvalue weighted by Crippen LogP contribution is -2.31. The molecular formula is C20H19N3O3S. The number of fused-ring (bicyclic) bond motifs is 1. The van der Waals surface area contributed by atoms with E-state index in [0.29, 0.717) is 29.0 Å². The van der Waals surface area contributed by atoms with Crippen LogP contribution < -0.4 is 10.5 Å². The van der Waals surface area contributed by atoms with Crippen molar-refractivity contribution in [3.8, 4) is 0 Å². The summed E-state index contributed by atoms with van der Waals surface area (Å²) in [7, 11) is 1.34. The average molecular weight is 381 g/mol. The molecule has 1 saturated heterocycles. The number of anilines is 1. The molecule has 1 aromatic heterocycles. The normalized spacial score (nSPS) is 13.9. The number of benzene rings is 2. The van der Waals surface area contributed by atoms with Crippen LogP contribution >= 0.6 is 11.8 Å². The third-order valence-corrected chi connectivity index (χ3v) is 5.54. The Hall–Kier alpha value is -2.80. The maximum atomic E-state index is 13.2. The van der Waals surface area contributed by atoms with Gasteiger partial charge >= 0.3 is 5.97 Å². The van der Waals surface area contributed by atoms with E-state index in [9.17, 15) is 9.59 Å². The molecule has 0 amide bonds. The minimum absolute atomic E-state index is 0.104. The highest BCUT2D eigenvalue weighted by atomic mass is 32.2. The van der Waals surface area contributed by atoms with E-state index >= 15 is 0 Å². The molecule has 1 aliphatic heterocycles. The predicted molar refractivity (Wildman–Crippen MR) is 108 cm³/mol. The maximum absolute atomic E-state index is 13.2. The number of ether oxygens (including phenoxy) is 1. The first-order valence-electron chi connectivity index (χ1n) is 8.67. The number of rotatable bonds is 4. The Balaban J connectivity index is 1.89. The van der Waals surface area contributed by atoms with Crippen molar-refractivity contribution in [3.05, 3.63) is 70.0 Å². The lowest BCUT2D eigenvalue weighted by Gasteiger charge is -2.21. The Morgan fingerprint density at radius 1 is 1.22 bits per heavy atom. The number of methoxy groups -OCH3 is 1. The van der Waals surface area contributed by atoms with Gasteiger partial charge in [-0.1, -0.05) is 30.3 Å². The van der Waals surface area contributed by atoms with E-state index in [1.165, 1.54) is 7.11 Å². The van der Waals surface area contributed by atoms with Crippen LogP contribution in [0, 0.1) is 0 Å². The van der Waals surface area contributed by atoms with Crippen LogP contribution in [0.5, 0.6) is 0 Å². The molecule has 6 nitrogen and oxygen atoms in total. The van der Waals surface area contributed by atoms with Crippen molar-refractivity contribution < 1.29 is 9.53 Å². The minimum atomic E-state index is -0.439. The average Bonchev–Trinajstić information content (AvgIpc) is 3.24.